The molecule has 0 saturated carbocycles. The van der Waals surface area contributed by atoms with E-state index in [1.165, 1.54) is 0 Å². The number of aromatic amines is 1. The number of allylic oxidation sites excluding steroid dienone is 2. The fraction of sp³-hybridized carbons (Fsp3) is 0.711. The van der Waals surface area contributed by atoms with E-state index < -0.39 is 74.6 Å². The molecule has 4 rings (SSSR count). The predicted molar refractivity (Wildman–Crippen MR) is 194 cm³/mol. The first-order valence-electron chi connectivity index (χ1n) is 19.0. The normalized spacial score (nSPS) is 29.8. The number of unbranched alkanes of at least 4 members (excludes halogenated alkanes) is 7. The van der Waals surface area contributed by atoms with Crippen molar-refractivity contribution in [2.45, 2.75) is 151 Å². The molecule has 5 unspecified atom stereocenters. The van der Waals surface area contributed by atoms with E-state index in [0.29, 0.717) is 25.1 Å². The van der Waals surface area contributed by atoms with Gasteiger partial charge in [-0.2, -0.15) is 0 Å². The van der Waals surface area contributed by atoms with Crippen LogP contribution in [0.1, 0.15) is 83.1 Å². The molecule has 2 aliphatic heterocycles. The van der Waals surface area contributed by atoms with Crippen molar-refractivity contribution in [3.63, 3.8) is 0 Å². The lowest BCUT2D eigenvalue weighted by molar-refractivity contribution is -0.323. The van der Waals surface area contributed by atoms with Crippen LogP contribution in [0.5, 0.6) is 5.75 Å². The lowest BCUT2D eigenvalue weighted by Gasteiger charge is -2.42. The molecule has 2 aliphatic rings. The quantitative estimate of drug-likeness (QED) is 0.0599. The number of aromatic nitrogens is 1. The number of rotatable bonds is 22. The van der Waals surface area contributed by atoms with E-state index in [1.807, 2.05) is 13.1 Å². The van der Waals surface area contributed by atoms with Gasteiger partial charge in [-0.15, -0.1) is 0 Å². The number of amides is 1. The SMILES string of the molecule is CC(O)CCCC/C=C\CCCCCCCC(=O)NCCc1c[nH]c2ccc(O[C@@H]3OC(CO[C@@H]4OC(CO)[C@H](O)[C@H](O)C4O)[C@H](O)[C@H](O)C3O)cc12. The Morgan fingerprint density at radius 3 is 2.21 bits per heavy atom. The predicted octanol–water partition coefficient (Wildman–Crippen LogP) is 1.06. The lowest BCUT2D eigenvalue weighted by Crippen LogP contribution is -2.62. The van der Waals surface area contributed by atoms with Gasteiger partial charge in [0, 0.05) is 30.1 Å². The monoisotopic (exact) mass is 752 g/mol. The highest BCUT2D eigenvalue weighted by molar-refractivity contribution is 5.84. The standard InChI is InChI=1S/C38H60N2O13/c1-23(42)13-11-9-7-5-3-2-4-6-8-10-12-14-30(43)39-18-17-24-20-40-27-16-15-25(19-26(24)27)51-38-36(49)34(47)32(45)29(53-38)22-50-37-35(48)33(46)31(44)28(21-41)52-37/h3,5,15-16,19-20,23,28-29,31-38,40-42,44-49H,2,4,6-14,17-18,21-22H2,1H3,(H,39,43)/b5-3-/t23?,28?,29?,31-,32-,33-,34-,35?,36?,37+,38+/m0/s1. The molecule has 1 amide bonds. The number of H-pyrrole nitrogens is 1. The number of aliphatic hydroxyl groups is 8. The first-order valence-corrected chi connectivity index (χ1v) is 19.0. The van der Waals surface area contributed by atoms with Crippen LogP contribution in [-0.2, 0) is 25.4 Å². The molecule has 15 heteroatoms. The maximum Gasteiger partial charge on any atom is 0.229 e. The van der Waals surface area contributed by atoms with Crippen molar-refractivity contribution in [1.29, 1.82) is 0 Å². The molecule has 2 aromatic rings. The fourth-order valence-corrected chi connectivity index (χ4v) is 6.56. The summed E-state index contributed by atoms with van der Waals surface area (Å²) in [6, 6.07) is 5.17. The van der Waals surface area contributed by atoms with Gasteiger partial charge in [0.15, 0.2) is 6.29 Å². The molecule has 0 aliphatic carbocycles. The highest BCUT2D eigenvalue weighted by atomic mass is 16.7. The molecule has 2 saturated heterocycles. The molecule has 3 heterocycles. The maximum atomic E-state index is 12.4. The Morgan fingerprint density at radius 1 is 0.849 bits per heavy atom. The smallest absolute Gasteiger partial charge is 0.229 e. The Morgan fingerprint density at radius 2 is 1.49 bits per heavy atom. The summed E-state index contributed by atoms with van der Waals surface area (Å²) in [4.78, 5) is 15.6. The van der Waals surface area contributed by atoms with Crippen LogP contribution in [0, 0.1) is 0 Å². The lowest BCUT2D eigenvalue weighted by atomic mass is 9.98. The molecule has 53 heavy (non-hydrogen) atoms. The van der Waals surface area contributed by atoms with Crippen LogP contribution >= 0.6 is 0 Å². The van der Waals surface area contributed by atoms with E-state index in [1.54, 1.807) is 18.2 Å². The molecule has 15 nitrogen and oxygen atoms in total. The van der Waals surface area contributed by atoms with Gasteiger partial charge in [0.1, 0.15) is 54.6 Å². The highest BCUT2D eigenvalue weighted by Gasteiger charge is 2.48. The van der Waals surface area contributed by atoms with E-state index in [9.17, 15) is 45.6 Å². The second-order valence-electron chi connectivity index (χ2n) is 14.2. The fourth-order valence-electron chi connectivity index (χ4n) is 6.56. The minimum absolute atomic E-state index is 0.0154. The van der Waals surface area contributed by atoms with Crippen molar-refractivity contribution < 1.29 is 64.6 Å². The minimum atomic E-state index is -1.68. The summed E-state index contributed by atoms with van der Waals surface area (Å²) in [6.07, 6.45) is 2.44. The summed E-state index contributed by atoms with van der Waals surface area (Å²) >= 11 is 0. The summed E-state index contributed by atoms with van der Waals surface area (Å²) in [7, 11) is 0. The molecule has 1 aromatic heterocycles. The first kappa shape index (κ1) is 43.1. The summed E-state index contributed by atoms with van der Waals surface area (Å²) < 4.78 is 22.5. The maximum absolute atomic E-state index is 12.4. The number of ether oxygens (including phenoxy) is 4. The van der Waals surface area contributed by atoms with Crippen molar-refractivity contribution in [2.75, 3.05) is 19.8 Å². The average Bonchev–Trinajstić information content (AvgIpc) is 3.54. The Hall–Kier alpha value is -2.67. The molecule has 0 radical (unpaired) electrons. The zero-order valence-electron chi connectivity index (χ0n) is 30.5. The van der Waals surface area contributed by atoms with Crippen molar-refractivity contribution in [1.82, 2.24) is 10.3 Å². The van der Waals surface area contributed by atoms with Crippen LogP contribution in [0.25, 0.3) is 10.9 Å². The van der Waals surface area contributed by atoms with E-state index in [4.69, 9.17) is 18.9 Å². The Balaban J connectivity index is 1.17. The van der Waals surface area contributed by atoms with Gasteiger partial charge in [0.2, 0.25) is 12.2 Å². The van der Waals surface area contributed by atoms with Crippen LogP contribution < -0.4 is 10.1 Å². The zero-order valence-corrected chi connectivity index (χ0v) is 30.5. The van der Waals surface area contributed by atoms with Crippen LogP contribution in [0.3, 0.4) is 0 Å². The Kier molecular flexibility index (Phi) is 17.9. The third-order valence-corrected chi connectivity index (χ3v) is 9.83. The highest BCUT2D eigenvalue weighted by Crippen LogP contribution is 2.29. The van der Waals surface area contributed by atoms with Crippen molar-refractivity contribution in [3.8, 4) is 5.75 Å². The summed E-state index contributed by atoms with van der Waals surface area (Å²) in [6.45, 7) is 1.16. The van der Waals surface area contributed by atoms with Gasteiger partial charge < -0.3 is 70.1 Å². The number of nitrogens with one attached hydrogen (secondary N) is 2. The van der Waals surface area contributed by atoms with Crippen LogP contribution in [0.4, 0.5) is 0 Å². The molecule has 1 aromatic carbocycles. The van der Waals surface area contributed by atoms with Gasteiger partial charge in [0.05, 0.1) is 19.3 Å². The summed E-state index contributed by atoms with van der Waals surface area (Å²) in [5.41, 5.74) is 1.76. The van der Waals surface area contributed by atoms with Crippen molar-refractivity contribution in [3.05, 3.63) is 42.1 Å². The van der Waals surface area contributed by atoms with E-state index in [0.717, 1.165) is 80.7 Å². The second kappa shape index (κ2) is 22.0. The average molecular weight is 753 g/mol. The second-order valence-corrected chi connectivity index (χ2v) is 14.2. The van der Waals surface area contributed by atoms with Crippen molar-refractivity contribution in [2.24, 2.45) is 0 Å². The molecule has 10 N–H and O–H groups in total. The first-order chi connectivity index (χ1) is 25.5. The topological polar surface area (TPSA) is 244 Å². The summed E-state index contributed by atoms with van der Waals surface area (Å²) in [5.74, 6) is 0.324. The number of hydrogen-bond donors (Lipinski definition) is 10. The van der Waals surface area contributed by atoms with E-state index in [-0.39, 0.29) is 12.0 Å². The number of carbonyl (C=O) groups is 1. The van der Waals surface area contributed by atoms with Gasteiger partial charge in [-0.3, -0.25) is 4.79 Å². The molecule has 2 fully saturated rings. The van der Waals surface area contributed by atoms with Gasteiger partial charge in [0.25, 0.3) is 0 Å². The molecule has 300 valence electrons. The van der Waals surface area contributed by atoms with Crippen molar-refractivity contribution >= 4 is 16.8 Å². The number of hydrogen-bond acceptors (Lipinski definition) is 13. The largest absolute Gasteiger partial charge is 0.462 e. The Labute approximate surface area is 310 Å². The van der Waals surface area contributed by atoms with Crippen LogP contribution in [0.2, 0.25) is 0 Å². The third-order valence-electron chi connectivity index (χ3n) is 9.83. The molecular formula is C38H60N2O13. The molecule has 0 bridgehead atoms. The van der Waals surface area contributed by atoms with Gasteiger partial charge >= 0.3 is 0 Å². The zero-order chi connectivity index (χ0) is 38.3. The number of fused-ring (bicyclic) bond motifs is 1. The summed E-state index contributed by atoms with van der Waals surface area (Å²) in [5, 5.41) is 84.5. The molecular weight excluding hydrogens is 692 g/mol. The van der Waals surface area contributed by atoms with Gasteiger partial charge in [-0.25, -0.2) is 0 Å². The molecule has 0 spiro atoms. The van der Waals surface area contributed by atoms with E-state index in [2.05, 4.69) is 22.5 Å². The minimum Gasteiger partial charge on any atom is -0.462 e. The Bertz CT molecular complexity index is 1390. The van der Waals surface area contributed by atoms with Crippen LogP contribution in [0.15, 0.2) is 36.5 Å². The van der Waals surface area contributed by atoms with E-state index >= 15 is 0 Å². The third kappa shape index (κ3) is 13.0. The van der Waals surface area contributed by atoms with Gasteiger partial charge in [-0.1, -0.05) is 37.8 Å². The number of carbonyl (C=O) groups excluding carboxylic acids is 1. The van der Waals surface area contributed by atoms with Crippen LogP contribution in [-0.4, -0.2) is 139 Å². The van der Waals surface area contributed by atoms with Gasteiger partial charge in [-0.05, 0) is 75.6 Å². The molecule has 11 atom stereocenters. The number of aliphatic hydroxyl groups excluding tert-OH is 8. The number of benzene rings is 1.